The standard InChI is InChI=1S/C8H14Cl3Si/c9-12(10,11)7-6-8-4-2-1-3-5-8/h1-7H2. The molecule has 1 aliphatic rings. The first-order valence-electron chi connectivity index (χ1n) is 4.48. The van der Waals surface area contributed by atoms with Gasteiger partial charge in [0.1, 0.15) is 0 Å². The van der Waals surface area contributed by atoms with E-state index in [0.29, 0.717) is 0 Å². The molecule has 0 N–H and O–H groups in total. The van der Waals surface area contributed by atoms with Crippen molar-refractivity contribution in [2.75, 3.05) is 0 Å². The Kier molecular flexibility index (Phi) is 4.73. The second kappa shape index (κ2) is 5.09. The summed E-state index contributed by atoms with van der Waals surface area (Å²) in [6, 6.07) is -1.53. The zero-order valence-electron chi connectivity index (χ0n) is 7.08. The summed E-state index contributed by atoms with van der Waals surface area (Å²) in [5, 5.41) is 0. The SMILES string of the molecule is Cl[Si](Cl)(Cl)CC[C]1CCCCC1. The highest BCUT2D eigenvalue weighted by atomic mass is 35.8. The van der Waals surface area contributed by atoms with Crippen molar-refractivity contribution in [1.82, 2.24) is 0 Å². The molecule has 1 rings (SSSR count). The van der Waals surface area contributed by atoms with Crippen LogP contribution in [0.3, 0.4) is 0 Å². The van der Waals surface area contributed by atoms with E-state index < -0.39 is 6.00 Å². The van der Waals surface area contributed by atoms with Crippen LogP contribution in [0.25, 0.3) is 0 Å². The highest BCUT2D eigenvalue weighted by Gasteiger charge is 2.26. The third-order valence-corrected chi connectivity index (χ3v) is 4.84. The molecular formula is C8H14Cl3Si. The largest absolute Gasteiger partial charge is 0.341 e. The molecular weight excluding hydrogens is 231 g/mol. The molecule has 0 aromatic carbocycles. The molecule has 0 saturated heterocycles. The van der Waals surface area contributed by atoms with Crippen molar-refractivity contribution < 1.29 is 0 Å². The fourth-order valence-electron chi connectivity index (χ4n) is 1.62. The summed E-state index contributed by atoms with van der Waals surface area (Å²) in [5.41, 5.74) is 0. The van der Waals surface area contributed by atoms with E-state index in [1.807, 2.05) is 0 Å². The highest BCUT2D eigenvalue weighted by molar-refractivity contribution is 7.64. The van der Waals surface area contributed by atoms with Gasteiger partial charge in [0, 0.05) is 0 Å². The normalized spacial score (nSPS) is 21.2. The first-order valence-corrected chi connectivity index (χ1v) is 9.72. The van der Waals surface area contributed by atoms with Crippen LogP contribution in [-0.2, 0) is 0 Å². The van der Waals surface area contributed by atoms with E-state index in [1.165, 1.54) is 32.1 Å². The van der Waals surface area contributed by atoms with Gasteiger partial charge in [0.25, 0.3) is 0 Å². The average Bonchev–Trinajstić information content (AvgIpc) is 2.02. The van der Waals surface area contributed by atoms with Crippen LogP contribution in [0.4, 0.5) is 0 Å². The van der Waals surface area contributed by atoms with Crippen LogP contribution in [0.1, 0.15) is 38.5 Å². The molecule has 71 valence electrons. The minimum atomic E-state index is -2.35. The van der Waals surface area contributed by atoms with Gasteiger partial charge in [-0.25, -0.2) is 0 Å². The predicted octanol–water partition coefficient (Wildman–Crippen LogP) is 4.57. The Morgan fingerprint density at radius 1 is 1.00 bits per heavy atom. The molecule has 0 nitrogen and oxygen atoms in total. The van der Waals surface area contributed by atoms with E-state index in [0.717, 1.165) is 12.5 Å². The Labute approximate surface area is 89.7 Å². The van der Waals surface area contributed by atoms with Crippen LogP contribution in [-0.4, -0.2) is 6.00 Å². The first-order chi connectivity index (χ1) is 5.58. The molecule has 4 heteroatoms. The van der Waals surface area contributed by atoms with Crippen LogP contribution >= 0.6 is 33.2 Å². The van der Waals surface area contributed by atoms with Gasteiger partial charge in [0.15, 0.2) is 0 Å². The van der Waals surface area contributed by atoms with Crippen molar-refractivity contribution in [3.05, 3.63) is 5.92 Å². The van der Waals surface area contributed by atoms with Crippen molar-refractivity contribution in [2.24, 2.45) is 0 Å². The second-order valence-corrected chi connectivity index (χ2v) is 12.7. The Balaban J connectivity index is 2.13. The lowest BCUT2D eigenvalue weighted by Gasteiger charge is -2.21. The third kappa shape index (κ3) is 4.96. The summed E-state index contributed by atoms with van der Waals surface area (Å²) >= 11 is 17.4. The van der Waals surface area contributed by atoms with Gasteiger partial charge in [-0.15, -0.1) is 33.2 Å². The van der Waals surface area contributed by atoms with E-state index in [9.17, 15) is 0 Å². The van der Waals surface area contributed by atoms with Gasteiger partial charge in [0.05, 0.1) is 0 Å². The Hall–Kier alpha value is 1.09. The molecule has 0 heterocycles. The van der Waals surface area contributed by atoms with Crippen molar-refractivity contribution in [1.29, 1.82) is 0 Å². The Morgan fingerprint density at radius 2 is 1.58 bits per heavy atom. The van der Waals surface area contributed by atoms with E-state index in [-0.39, 0.29) is 0 Å². The zero-order chi connectivity index (χ0) is 9.03. The molecule has 0 aliphatic heterocycles. The van der Waals surface area contributed by atoms with E-state index in [1.54, 1.807) is 5.92 Å². The Bertz CT molecular complexity index is 127. The van der Waals surface area contributed by atoms with Gasteiger partial charge in [-0.2, -0.15) is 0 Å². The lowest BCUT2D eigenvalue weighted by atomic mass is 9.88. The fraction of sp³-hybridized carbons (Fsp3) is 0.875. The third-order valence-electron chi connectivity index (χ3n) is 2.32. The molecule has 0 atom stereocenters. The number of rotatable bonds is 3. The molecule has 0 unspecified atom stereocenters. The topological polar surface area (TPSA) is 0 Å². The lowest BCUT2D eigenvalue weighted by molar-refractivity contribution is 0.515. The van der Waals surface area contributed by atoms with Crippen LogP contribution in [0.15, 0.2) is 0 Å². The van der Waals surface area contributed by atoms with Crippen LogP contribution < -0.4 is 0 Å². The molecule has 1 radical (unpaired) electrons. The van der Waals surface area contributed by atoms with Gasteiger partial charge in [-0.3, -0.25) is 0 Å². The number of hydrogen-bond donors (Lipinski definition) is 0. The maximum atomic E-state index is 5.81. The predicted molar refractivity (Wildman–Crippen MR) is 59.1 cm³/mol. The van der Waals surface area contributed by atoms with Crippen LogP contribution in [0.5, 0.6) is 0 Å². The van der Waals surface area contributed by atoms with Crippen molar-refractivity contribution in [3.63, 3.8) is 0 Å². The van der Waals surface area contributed by atoms with E-state index >= 15 is 0 Å². The molecule has 0 aromatic rings. The minimum Gasteiger partial charge on any atom is -0.126 e. The van der Waals surface area contributed by atoms with Crippen molar-refractivity contribution in [2.45, 2.75) is 44.6 Å². The van der Waals surface area contributed by atoms with Crippen LogP contribution in [0.2, 0.25) is 6.04 Å². The molecule has 0 spiro atoms. The van der Waals surface area contributed by atoms with E-state index in [4.69, 9.17) is 33.2 Å². The zero-order valence-corrected chi connectivity index (χ0v) is 10.4. The van der Waals surface area contributed by atoms with Gasteiger partial charge < -0.3 is 0 Å². The smallest absolute Gasteiger partial charge is 0.126 e. The van der Waals surface area contributed by atoms with Crippen LogP contribution in [0, 0.1) is 5.92 Å². The second-order valence-electron chi connectivity index (χ2n) is 3.43. The van der Waals surface area contributed by atoms with E-state index in [2.05, 4.69) is 0 Å². The number of hydrogen-bond acceptors (Lipinski definition) is 0. The van der Waals surface area contributed by atoms with Gasteiger partial charge in [-0.1, -0.05) is 19.3 Å². The summed E-state index contributed by atoms with van der Waals surface area (Å²) in [7, 11) is 0. The molecule has 1 saturated carbocycles. The lowest BCUT2D eigenvalue weighted by Crippen LogP contribution is -2.12. The van der Waals surface area contributed by atoms with Crippen molar-refractivity contribution in [3.8, 4) is 0 Å². The average molecular weight is 245 g/mol. The summed E-state index contributed by atoms with van der Waals surface area (Å²) in [6.07, 6.45) is 7.68. The molecule has 0 bridgehead atoms. The highest BCUT2D eigenvalue weighted by Crippen LogP contribution is 2.34. The minimum absolute atomic E-state index is 0.813. The maximum Gasteiger partial charge on any atom is 0.341 e. The summed E-state index contributed by atoms with van der Waals surface area (Å²) in [5.74, 6) is 1.63. The number of halogens is 3. The van der Waals surface area contributed by atoms with Crippen molar-refractivity contribution >= 4 is 39.2 Å². The van der Waals surface area contributed by atoms with Gasteiger partial charge >= 0.3 is 6.00 Å². The maximum absolute atomic E-state index is 5.81. The molecule has 12 heavy (non-hydrogen) atoms. The molecule has 0 aromatic heterocycles. The first kappa shape index (κ1) is 11.2. The fourth-order valence-corrected chi connectivity index (χ4v) is 3.11. The monoisotopic (exact) mass is 243 g/mol. The quantitative estimate of drug-likeness (QED) is 0.504. The molecule has 1 aliphatic carbocycles. The summed E-state index contributed by atoms with van der Waals surface area (Å²) in [4.78, 5) is 0. The van der Waals surface area contributed by atoms with Gasteiger partial charge in [-0.05, 0) is 31.2 Å². The summed E-state index contributed by atoms with van der Waals surface area (Å²) < 4.78 is 0. The summed E-state index contributed by atoms with van der Waals surface area (Å²) in [6.45, 7) is 0. The Morgan fingerprint density at radius 3 is 2.08 bits per heavy atom. The molecule has 0 amide bonds. The van der Waals surface area contributed by atoms with Gasteiger partial charge in [0.2, 0.25) is 0 Å². The molecule has 1 fully saturated rings.